The number of aryl methyl sites for hydroxylation is 1. The minimum atomic E-state index is -0.888. The van der Waals surface area contributed by atoms with Gasteiger partial charge in [-0.15, -0.1) is 0 Å². The van der Waals surface area contributed by atoms with Gasteiger partial charge in [0.15, 0.2) is 5.78 Å². The standard InChI is InChI=1S/C28H21N3O5/c1-16-15-19(31(35)36)12-14-20(16)30-27(33)23-22-13-11-17-7-5-6-10-21(17)29(22)25(24(23)28(30)34)26(32)18-8-3-2-4-9-18/h2-15,22-25H,1H3/t22-,23-,24-,25-/m0/s1. The number of hydrogen-bond acceptors (Lipinski definition) is 6. The van der Waals surface area contributed by atoms with Crippen molar-refractivity contribution < 1.29 is 19.3 Å². The van der Waals surface area contributed by atoms with Crippen LogP contribution in [-0.2, 0) is 9.59 Å². The van der Waals surface area contributed by atoms with Crippen LogP contribution in [0.25, 0.3) is 6.08 Å². The Kier molecular flexibility index (Phi) is 4.86. The number of non-ortho nitro benzene ring substituents is 1. The fraction of sp³-hybridized carbons (Fsp3) is 0.179. The molecule has 0 saturated carbocycles. The molecular weight excluding hydrogens is 458 g/mol. The second kappa shape index (κ2) is 7.98. The Hall–Kier alpha value is -4.59. The summed E-state index contributed by atoms with van der Waals surface area (Å²) in [6.07, 6.45) is 3.83. The van der Waals surface area contributed by atoms with Gasteiger partial charge in [-0.05, 0) is 30.2 Å². The number of rotatable bonds is 4. The number of amides is 2. The molecule has 0 spiro atoms. The van der Waals surface area contributed by atoms with Gasteiger partial charge < -0.3 is 4.90 Å². The zero-order valence-corrected chi connectivity index (χ0v) is 19.3. The number of nitro benzene ring substituents is 1. The van der Waals surface area contributed by atoms with Crippen molar-refractivity contribution in [3.8, 4) is 0 Å². The largest absolute Gasteiger partial charge is 0.352 e. The van der Waals surface area contributed by atoms with Crippen molar-refractivity contribution in [1.29, 1.82) is 0 Å². The number of nitrogens with zero attached hydrogens (tertiary/aromatic N) is 3. The van der Waals surface area contributed by atoms with Crippen LogP contribution < -0.4 is 9.80 Å². The Balaban J connectivity index is 1.48. The summed E-state index contributed by atoms with van der Waals surface area (Å²) in [5.74, 6) is -2.72. The third kappa shape index (κ3) is 3.04. The summed E-state index contributed by atoms with van der Waals surface area (Å²) in [6, 6.07) is 19.2. The van der Waals surface area contributed by atoms with Crippen LogP contribution in [0.1, 0.15) is 21.5 Å². The van der Waals surface area contributed by atoms with E-state index >= 15 is 0 Å². The van der Waals surface area contributed by atoms with Crippen LogP contribution in [0.2, 0.25) is 0 Å². The van der Waals surface area contributed by atoms with Crippen molar-refractivity contribution in [2.75, 3.05) is 9.80 Å². The Morgan fingerprint density at radius 1 is 0.889 bits per heavy atom. The van der Waals surface area contributed by atoms with Crippen LogP contribution in [0.5, 0.6) is 0 Å². The van der Waals surface area contributed by atoms with Gasteiger partial charge >= 0.3 is 0 Å². The van der Waals surface area contributed by atoms with Gasteiger partial charge in [-0.1, -0.05) is 60.7 Å². The van der Waals surface area contributed by atoms with E-state index in [-0.39, 0.29) is 11.5 Å². The first kappa shape index (κ1) is 21.9. The lowest BCUT2D eigenvalue weighted by Gasteiger charge is -2.36. The zero-order valence-electron chi connectivity index (χ0n) is 19.3. The first-order chi connectivity index (χ1) is 17.4. The van der Waals surface area contributed by atoms with Gasteiger partial charge in [0.1, 0.15) is 6.04 Å². The molecule has 2 amide bonds. The molecule has 3 aromatic carbocycles. The third-order valence-corrected chi connectivity index (χ3v) is 7.37. The average Bonchev–Trinajstić information content (AvgIpc) is 3.37. The highest BCUT2D eigenvalue weighted by atomic mass is 16.6. The van der Waals surface area contributed by atoms with Crippen molar-refractivity contribution in [2.24, 2.45) is 11.8 Å². The monoisotopic (exact) mass is 479 g/mol. The molecular formula is C28H21N3O5. The lowest BCUT2D eigenvalue weighted by molar-refractivity contribution is -0.384. The van der Waals surface area contributed by atoms with Crippen LogP contribution in [0.15, 0.2) is 78.9 Å². The van der Waals surface area contributed by atoms with Crippen LogP contribution in [0.3, 0.4) is 0 Å². The average molecular weight is 479 g/mol. The Morgan fingerprint density at radius 2 is 1.58 bits per heavy atom. The second-order valence-corrected chi connectivity index (χ2v) is 9.28. The number of anilines is 2. The summed E-state index contributed by atoms with van der Waals surface area (Å²) in [7, 11) is 0. The first-order valence-electron chi connectivity index (χ1n) is 11.7. The fourth-order valence-electron chi connectivity index (χ4n) is 5.83. The Morgan fingerprint density at radius 3 is 2.31 bits per heavy atom. The summed E-state index contributed by atoms with van der Waals surface area (Å²) in [5, 5.41) is 11.2. The maximum absolute atomic E-state index is 13.9. The number of Topliss-reactive ketones (excluding diaryl/α,β-unsaturated/α-hetero) is 1. The molecule has 3 heterocycles. The molecule has 36 heavy (non-hydrogen) atoms. The van der Waals surface area contributed by atoms with E-state index in [0.29, 0.717) is 16.8 Å². The minimum absolute atomic E-state index is 0.120. The number of hydrogen-bond donors (Lipinski definition) is 0. The molecule has 178 valence electrons. The number of carbonyl (C=O) groups is 3. The number of carbonyl (C=O) groups excluding carboxylic acids is 3. The Labute approximate surface area is 206 Å². The van der Waals surface area contributed by atoms with E-state index in [1.54, 1.807) is 31.2 Å². The maximum Gasteiger partial charge on any atom is 0.269 e. The summed E-state index contributed by atoms with van der Waals surface area (Å²) in [6.45, 7) is 1.63. The molecule has 0 radical (unpaired) electrons. The van der Waals surface area contributed by atoms with Gasteiger partial charge in [0.25, 0.3) is 5.69 Å². The molecule has 0 aromatic heterocycles. The molecule has 3 aliphatic rings. The van der Waals surface area contributed by atoms with Crippen LogP contribution in [0, 0.1) is 28.9 Å². The smallest absolute Gasteiger partial charge is 0.269 e. The number of imide groups is 1. The summed E-state index contributed by atoms with van der Waals surface area (Å²) >= 11 is 0. The molecule has 8 nitrogen and oxygen atoms in total. The quantitative estimate of drug-likeness (QED) is 0.241. The van der Waals surface area contributed by atoms with Gasteiger partial charge in [-0.25, -0.2) is 4.90 Å². The number of para-hydroxylation sites is 1. The lowest BCUT2D eigenvalue weighted by atomic mass is 9.86. The first-order valence-corrected chi connectivity index (χ1v) is 11.7. The van der Waals surface area contributed by atoms with Crippen molar-refractivity contribution in [1.82, 2.24) is 0 Å². The normalized spacial score (nSPS) is 23.9. The van der Waals surface area contributed by atoms with E-state index in [4.69, 9.17) is 0 Å². The van der Waals surface area contributed by atoms with Crippen molar-refractivity contribution in [2.45, 2.75) is 19.0 Å². The predicted octanol–water partition coefficient (Wildman–Crippen LogP) is 4.18. The molecule has 0 N–H and O–H groups in total. The maximum atomic E-state index is 13.9. The topological polar surface area (TPSA) is 101 Å². The van der Waals surface area contributed by atoms with E-state index in [0.717, 1.165) is 16.2 Å². The summed E-state index contributed by atoms with van der Waals surface area (Å²) in [5.41, 5.74) is 2.83. The molecule has 4 atom stereocenters. The predicted molar refractivity (Wildman–Crippen MR) is 134 cm³/mol. The van der Waals surface area contributed by atoms with Crippen molar-refractivity contribution in [3.05, 3.63) is 106 Å². The highest BCUT2D eigenvalue weighted by molar-refractivity contribution is 6.26. The van der Waals surface area contributed by atoms with E-state index in [1.165, 1.54) is 18.2 Å². The fourth-order valence-corrected chi connectivity index (χ4v) is 5.83. The highest BCUT2D eigenvalue weighted by Crippen LogP contribution is 2.50. The van der Waals surface area contributed by atoms with Crippen LogP contribution in [-0.4, -0.2) is 34.6 Å². The second-order valence-electron chi connectivity index (χ2n) is 9.28. The van der Waals surface area contributed by atoms with Gasteiger partial charge in [-0.3, -0.25) is 24.5 Å². The lowest BCUT2D eigenvalue weighted by Crippen LogP contribution is -2.49. The van der Waals surface area contributed by atoms with Gasteiger partial charge in [-0.2, -0.15) is 0 Å². The third-order valence-electron chi connectivity index (χ3n) is 7.37. The van der Waals surface area contributed by atoms with E-state index in [9.17, 15) is 24.5 Å². The summed E-state index contributed by atoms with van der Waals surface area (Å²) < 4.78 is 0. The zero-order chi connectivity index (χ0) is 25.1. The molecule has 2 saturated heterocycles. The molecule has 6 rings (SSSR count). The molecule has 3 aromatic rings. The highest BCUT2D eigenvalue weighted by Gasteiger charge is 2.64. The summed E-state index contributed by atoms with van der Waals surface area (Å²) in [4.78, 5) is 55.4. The van der Waals surface area contributed by atoms with Crippen LogP contribution >= 0.6 is 0 Å². The molecule has 8 heteroatoms. The van der Waals surface area contributed by atoms with Gasteiger partial charge in [0, 0.05) is 23.4 Å². The van der Waals surface area contributed by atoms with Crippen LogP contribution in [0.4, 0.5) is 17.1 Å². The number of fused-ring (bicyclic) bond motifs is 5. The molecule has 2 fully saturated rings. The minimum Gasteiger partial charge on any atom is -0.352 e. The number of nitro groups is 1. The van der Waals surface area contributed by atoms with Gasteiger partial charge in [0.05, 0.1) is 28.5 Å². The van der Waals surface area contributed by atoms with Crippen molar-refractivity contribution in [3.63, 3.8) is 0 Å². The van der Waals surface area contributed by atoms with E-state index in [2.05, 4.69) is 0 Å². The number of ketones is 1. The SMILES string of the molecule is Cc1cc([N+](=O)[O-])ccc1N1C(=O)[C@@H]2[C@H](C1=O)[C@@H](C(=O)c1ccccc1)N1c3ccccc3C=C[C@@H]21. The molecule has 3 aliphatic heterocycles. The van der Waals surface area contributed by atoms with E-state index < -0.39 is 40.7 Å². The van der Waals surface area contributed by atoms with Gasteiger partial charge in [0.2, 0.25) is 11.8 Å². The van der Waals surface area contributed by atoms with E-state index in [1.807, 2.05) is 47.4 Å². The van der Waals surface area contributed by atoms with Crippen molar-refractivity contribution >= 4 is 40.7 Å². The Bertz CT molecular complexity index is 1480. The molecule has 0 bridgehead atoms. The molecule has 0 aliphatic carbocycles. The number of benzene rings is 3. The molecule has 0 unspecified atom stereocenters.